The number of nitrogens with zero attached hydrogens (tertiary/aromatic N) is 1. The van der Waals surface area contributed by atoms with Gasteiger partial charge < -0.3 is 9.47 Å². The van der Waals surface area contributed by atoms with Gasteiger partial charge in [-0.25, -0.2) is 0 Å². The van der Waals surface area contributed by atoms with Crippen molar-refractivity contribution >= 4 is 5.97 Å². The summed E-state index contributed by atoms with van der Waals surface area (Å²) in [5, 5.41) is 0. The number of hydrogen-bond acceptors (Lipinski definition) is 4. The van der Waals surface area contributed by atoms with E-state index in [0.29, 0.717) is 26.1 Å². The number of methoxy groups -OCH3 is 2. The van der Waals surface area contributed by atoms with Crippen LogP contribution in [0.25, 0.3) is 0 Å². The summed E-state index contributed by atoms with van der Waals surface area (Å²) in [4.78, 5) is 13.2. The standard InChI is InChI=1S/C14H25NO3/c1-14(2,3)8-6-9-15(11-12-17-4)10-7-13(16)18-5/h7,9-12H2,1-5H3. The van der Waals surface area contributed by atoms with Gasteiger partial charge in [-0.05, 0) is 20.8 Å². The van der Waals surface area contributed by atoms with Gasteiger partial charge in [0.05, 0.1) is 26.7 Å². The summed E-state index contributed by atoms with van der Waals surface area (Å²) in [5.74, 6) is 6.13. The van der Waals surface area contributed by atoms with Crippen LogP contribution in [0.4, 0.5) is 0 Å². The average molecular weight is 255 g/mol. The molecular formula is C14H25NO3. The van der Waals surface area contributed by atoms with Crippen molar-refractivity contribution in [2.45, 2.75) is 27.2 Å². The van der Waals surface area contributed by atoms with Crippen LogP contribution in [0.15, 0.2) is 0 Å². The lowest BCUT2D eigenvalue weighted by atomic mass is 9.98. The second-order valence-corrected chi connectivity index (χ2v) is 5.15. The first-order valence-corrected chi connectivity index (χ1v) is 6.17. The van der Waals surface area contributed by atoms with Crippen molar-refractivity contribution in [2.24, 2.45) is 5.41 Å². The lowest BCUT2D eigenvalue weighted by Crippen LogP contribution is -2.30. The summed E-state index contributed by atoms with van der Waals surface area (Å²) in [5.41, 5.74) is 0.00920. The molecule has 0 aliphatic rings. The van der Waals surface area contributed by atoms with Crippen molar-refractivity contribution in [1.29, 1.82) is 0 Å². The third kappa shape index (κ3) is 10.1. The Morgan fingerprint density at radius 3 is 2.39 bits per heavy atom. The fourth-order valence-electron chi connectivity index (χ4n) is 1.26. The van der Waals surface area contributed by atoms with Gasteiger partial charge in [-0.1, -0.05) is 11.8 Å². The summed E-state index contributed by atoms with van der Waals surface area (Å²) in [6.45, 7) is 8.94. The van der Waals surface area contributed by atoms with Crippen LogP contribution in [-0.2, 0) is 14.3 Å². The van der Waals surface area contributed by atoms with E-state index in [2.05, 4.69) is 42.2 Å². The molecule has 0 heterocycles. The molecule has 0 aromatic heterocycles. The van der Waals surface area contributed by atoms with Crippen molar-refractivity contribution in [3.63, 3.8) is 0 Å². The molecule has 0 N–H and O–H groups in total. The summed E-state index contributed by atoms with van der Waals surface area (Å²) in [6.07, 6.45) is 0.386. The molecule has 0 bridgehead atoms. The Bertz CT molecular complexity index is 296. The highest BCUT2D eigenvalue weighted by Gasteiger charge is 2.08. The third-order valence-electron chi connectivity index (χ3n) is 2.24. The fraction of sp³-hybridized carbons (Fsp3) is 0.786. The van der Waals surface area contributed by atoms with Gasteiger partial charge in [-0.15, -0.1) is 0 Å². The van der Waals surface area contributed by atoms with Crippen LogP contribution in [0, 0.1) is 17.3 Å². The molecule has 0 aromatic rings. The molecule has 0 amide bonds. The van der Waals surface area contributed by atoms with Crippen LogP contribution in [0.2, 0.25) is 0 Å². The summed E-state index contributed by atoms with van der Waals surface area (Å²) in [7, 11) is 3.07. The highest BCUT2D eigenvalue weighted by molar-refractivity contribution is 5.69. The number of ether oxygens (including phenoxy) is 2. The van der Waals surface area contributed by atoms with Crippen LogP contribution < -0.4 is 0 Å². The molecule has 0 saturated heterocycles. The van der Waals surface area contributed by atoms with E-state index in [1.54, 1.807) is 7.11 Å². The van der Waals surface area contributed by atoms with E-state index >= 15 is 0 Å². The smallest absolute Gasteiger partial charge is 0.306 e. The molecule has 104 valence electrons. The Hall–Kier alpha value is -1.05. The number of carbonyl (C=O) groups is 1. The Labute approximate surface area is 111 Å². The predicted molar refractivity (Wildman–Crippen MR) is 72.2 cm³/mol. The molecule has 0 saturated carbocycles. The van der Waals surface area contributed by atoms with Crippen molar-refractivity contribution in [2.75, 3.05) is 40.5 Å². The van der Waals surface area contributed by atoms with E-state index in [4.69, 9.17) is 4.74 Å². The third-order valence-corrected chi connectivity index (χ3v) is 2.24. The second-order valence-electron chi connectivity index (χ2n) is 5.15. The van der Waals surface area contributed by atoms with Gasteiger partial charge in [0.2, 0.25) is 0 Å². The van der Waals surface area contributed by atoms with Gasteiger partial charge in [0.15, 0.2) is 0 Å². The van der Waals surface area contributed by atoms with E-state index in [-0.39, 0.29) is 11.4 Å². The number of esters is 1. The maximum atomic E-state index is 11.1. The zero-order valence-corrected chi connectivity index (χ0v) is 12.2. The Morgan fingerprint density at radius 2 is 1.89 bits per heavy atom. The highest BCUT2D eigenvalue weighted by Crippen LogP contribution is 2.09. The normalized spacial score (nSPS) is 11.0. The number of hydrogen-bond donors (Lipinski definition) is 0. The molecule has 0 unspecified atom stereocenters. The van der Waals surface area contributed by atoms with E-state index < -0.39 is 0 Å². The van der Waals surface area contributed by atoms with Gasteiger partial charge in [-0.2, -0.15) is 0 Å². The van der Waals surface area contributed by atoms with E-state index in [0.717, 1.165) is 6.54 Å². The minimum absolute atomic E-state index is 0.00920. The van der Waals surface area contributed by atoms with Gasteiger partial charge in [-0.3, -0.25) is 9.69 Å². The minimum Gasteiger partial charge on any atom is -0.469 e. The van der Waals surface area contributed by atoms with Crippen LogP contribution in [0.3, 0.4) is 0 Å². The monoisotopic (exact) mass is 255 g/mol. The first-order chi connectivity index (χ1) is 8.39. The quantitative estimate of drug-likeness (QED) is 0.511. The maximum absolute atomic E-state index is 11.1. The second kappa shape index (κ2) is 8.96. The largest absolute Gasteiger partial charge is 0.469 e. The molecule has 4 heteroatoms. The molecule has 0 spiro atoms. The van der Waals surface area contributed by atoms with Gasteiger partial charge in [0.1, 0.15) is 0 Å². The zero-order chi connectivity index (χ0) is 14.0. The predicted octanol–water partition coefficient (Wildman–Crippen LogP) is 1.55. The van der Waals surface area contributed by atoms with Crippen molar-refractivity contribution in [3.05, 3.63) is 0 Å². The lowest BCUT2D eigenvalue weighted by Gasteiger charge is -2.18. The number of rotatable bonds is 7. The Kier molecular flexibility index (Phi) is 8.43. The van der Waals surface area contributed by atoms with Gasteiger partial charge >= 0.3 is 5.97 Å². The van der Waals surface area contributed by atoms with E-state index in [9.17, 15) is 4.79 Å². The molecule has 4 nitrogen and oxygen atoms in total. The summed E-state index contributed by atoms with van der Waals surface area (Å²) in [6, 6.07) is 0. The lowest BCUT2D eigenvalue weighted by molar-refractivity contribution is -0.141. The Balaban J connectivity index is 4.21. The maximum Gasteiger partial charge on any atom is 0.306 e. The molecule has 0 aromatic carbocycles. The van der Waals surface area contributed by atoms with Crippen molar-refractivity contribution in [3.8, 4) is 11.8 Å². The molecule has 18 heavy (non-hydrogen) atoms. The fourth-order valence-corrected chi connectivity index (χ4v) is 1.26. The Morgan fingerprint density at radius 1 is 1.22 bits per heavy atom. The van der Waals surface area contributed by atoms with Gasteiger partial charge in [0, 0.05) is 25.6 Å². The molecule has 0 atom stereocenters. The van der Waals surface area contributed by atoms with E-state index in [1.165, 1.54) is 7.11 Å². The van der Waals surface area contributed by atoms with Crippen LogP contribution in [-0.4, -0.2) is 51.3 Å². The van der Waals surface area contributed by atoms with Crippen LogP contribution in [0.5, 0.6) is 0 Å². The average Bonchev–Trinajstić information content (AvgIpc) is 2.29. The molecule has 0 fully saturated rings. The van der Waals surface area contributed by atoms with Crippen molar-refractivity contribution in [1.82, 2.24) is 4.90 Å². The number of carbonyl (C=O) groups excluding carboxylic acids is 1. The SMILES string of the molecule is COCCN(CC#CC(C)(C)C)CCC(=O)OC. The minimum atomic E-state index is -0.193. The molecule has 0 radical (unpaired) electrons. The van der Waals surface area contributed by atoms with Gasteiger partial charge in [0.25, 0.3) is 0 Å². The van der Waals surface area contributed by atoms with Crippen molar-refractivity contribution < 1.29 is 14.3 Å². The summed E-state index contributed by atoms with van der Waals surface area (Å²) < 4.78 is 9.68. The molecule has 0 aliphatic carbocycles. The topological polar surface area (TPSA) is 38.8 Å². The first-order valence-electron chi connectivity index (χ1n) is 6.17. The highest BCUT2D eigenvalue weighted by atomic mass is 16.5. The summed E-state index contributed by atoms with van der Waals surface area (Å²) >= 11 is 0. The van der Waals surface area contributed by atoms with Crippen LogP contribution >= 0.6 is 0 Å². The zero-order valence-electron chi connectivity index (χ0n) is 12.2. The molecule has 0 aliphatic heterocycles. The molecule has 0 rings (SSSR count). The van der Waals surface area contributed by atoms with E-state index in [1.807, 2.05) is 0 Å². The first kappa shape index (κ1) is 16.9. The van der Waals surface area contributed by atoms with Crippen LogP contribution in [0.1, 0.15) is 27.2 Å². The molecular weight excluding hydrogens is 230 g/mol.